The van der Waals surface area contributed by atoms with Crippen molar-refractivity contribution < 1.29 is 18.0 Å². The van der Waals surface area contributed by atoms with E-state index in [0.29, 0.717) is 0 Å². The van der Waals surface area contributed by atoms with Crippen LogP contribution < -0.4 is 16.1 Å². The highest BCUT2D eigenvalue weighted by atomic mass is 32.2. The van der Waals surface area contributed by atoms with Crippen molar-refractivity contribution in [1.29, 1.82) is 0 Å². The van der Waals surface area contributed by atoms with E-state index in [0.717, 1.165) is 0 Å². The summed E-state index contributed by atoms with van der Waals surface area (Å²) in [5, 5.41) is 5.21. The molecule has 0 bridgehead atoms. The Hall–Kier alpha value is -2.95. The van der Waals surface area contributed by atoms with Crippen LogP contribution in [0.1, 0.15) is 13.8 Å². The standard InChI is InChI=1S/C14H16N6O4S/c1-8(2)16-11(21)7-19-13(12(15)22)17-14-18-25(23,24)10-6-4-3-5-9(10)20(14)19/h3-6,8H,7H2,1-2H3,(H2,15,22)(H,16,21). The number of anilines is 1. The Kier molecular flexibility index (Phi) is 3.95. The third-order valence-corrected chi connectivity index (χ3v) is 4.72. The molecule has 25 heavy (non-hydrogen) atoms. The molecule has 0 aliphatic carbocycles. The number of carbonyl (C=O) groups excluding carboxylic acids is 2. The number of hydrazine groups is 1. The predicted octanol–water partition coefficient (Wildman–Crippen LogP) is -0.810. The maximum absolute atomic E-state index is 12.3. The number of nitrogens with one attached hydrogen (secondary N) is 1. The van der Waals surface area contributed by atoms with Crippen LogP contribution in [-0.4, -0.2) is 49.6 Å². The Morgan fingerprint density at radius 1 is 1.28 bits per heavy atom. The van der Waals surface area contributed by atoms with Crippen LogP contribution in [0.25, 0.3) is 0 Å². The zero-order chi connectivity index (χ0) is 18.4. The van der Waals surface area contributed by atoms with Crippen molar-refractivity contribution in [2.24, 2.45) is 15.1 Å². The van der Waals surface area contributed by atoms with Gasteiger partial charge in [0.1, 0.15) is 11.4 Å². The van der Waals surface area contributed by atoms with Gasteiger partial charge in [0.05, 0.1) is 5.69 Å². The van der Waals surface area contributed by atoms with Crippen LogP contribution in [0.4, 0.5) is 5.69 Å². The second-order valence-electron chi connectivity index (χ2n) is 5.73. The lowest BCUT2D eigenvalue weighted by atomic mass is 10.3. The van der Waals surface area contributed by atoms with E-state index in [2.05, 4.69) is 14.7 Å². The normalized spacial score (nSPS) is 17.6. The largest absolute Gasteiger partial charge is 0.363 e. The second-order valence-corrected chi connectivity index (χ2v) is 7.30. The van der Waals surface area contributed by atoms with Gasteiger partial charge in [0.2, 0.25) is 11.7 Å². The zero-order valence-electron chi connectivity index (χ0n) is 13.5. The maximum Gasteiger partial charge on any atom is 0.287 e. The van der Waals surface area contributed by atoms with Gasteiger partial charge in [0.15, 0.2) is 0 Å². The molecule has 3 rings (SSSR count). The number of nitrogens with zero attached hydrogens (tertiary/aromatic N) is 4. The average Bonchev–Trinajstić information content (AvgIpc) is 2.84. The third kappa shape index (κ3) is 2.93. The Balaban J connectivity index is 2.08. The molecule has 2 amide bonds. The van der Waals surface area contributed by atoms with Crippen molar-refractivity contribution in [3.8, 4) is 0 Å². The molecule has 0 fully saturated rings. The Bertz CT molecular complexity index is 921. The summed E-state index contributed by atoms with van der Waals surface area (Å²) in [5.41, 5.74) is 5.57. The number of amidine groups is 1. The van der Waals surface area contributed by atoms with Gasteiger partial charge >= 0.3 is 0 Å². The second kappa shape index (κ2) is 5.84. The van der Waals surface area contributed by atoms with Gasteiger partial charge in [-0.25, -0.2) is 10.0 Å². The first-order chi connectivity index (χ1) is 11.7. The molecule has 0 radical (unpaired) electrons. The molecule has 0 saturated carbocycles. The minimum absolute atomic E-state index is 0.0473. The number of primary amides is 1. The Morgan fingerprint density at radius 3 is 2.60 bits per heavy atom. The molecule has 2 heterocycles. The molecule has 1 aromatic rings. The highest BCUT2D eigenvalue weighted by molar-refractivity contribution is 7.90. The quantitative estimate of drug-likeness (QED) is 0.717. The molecule has 0 aromatic heterocycles. The smallest absolute Gasteiger partial charge is 0.287 e. The number of fused-ring (bicyclic) bond motifs is 3. The van der Waals surface area contributed by atoms with Gasteiger partial charge in [-0.15, -0.1) is 4.40 Å². The van der Waals surface area contributed by atoms with E-state index in [-0.39, 0.29) is 40.9 Å². The summed E-state index contributed by atoms with van der Waals surface area (Å²) in [4.78, 5) is 27.7. The summed E-state index contributed by atoms with van der Waals surface area (Å²) in [5.74, 6) is -1.77. The molecule has 132 valence electrons. The first-order valence-electron chi connectivity index (χ1n) is 7.40. The van der Waals surface area contributed by atoms with Gasteiger partial charge in [0.25, 0.3) is 21.9 Å². The average molecular weight is 364 g/mol. The Morgan fingerprint density at radius 2 is 1.96 bits per heavy atom. The zero-order valence-corrected chi connectivity index (χ0v) is 14.3. The van der Waals surface area contributed by atoms with E-state index >= 15 is 0 Å². The molecule has 1 aromatic carbocycles. The number of guanidine groups is 1. The minimum atomic E-state index is -3.96. The summed E-state index contributed by atoms with van der Waals surface area (Å²) in [6.45, 7) is 3.31. The van der Waals surface area contributed by atoms with Crippen molar-refractivity contribution in [3.63, 3.8) is 0 Å². The number of amides is 2. The van der Waals surface area contributed by atoms with Crippen molar-refractivity contribution in [2.75, 3.05) is 11.6 Å². The lowest BCUT2D eigenvalue weighted by Gasteiger charge is -2.32. The molecule has 11 heteroatoms. The topological polar surface area (TPSA) is 138 Å². The summed E-state index contributed by atoms with van der Waals surface area (Å²) in [7, 11) is -3.96. The van der Waals surface area contributed by atoms with Gasteiger partial charge in [-0.1, -0.05) is 12.1 Å². The van der Waals surface area contributed by atoms with Gasteiger partial charge < -0.3 is 11.1 Å². The van der Waals surface area contributed by atoms with Crippen LogP contribution in [0.2, 0.25) is 0 Å². The van der Waals surface area contributed by atoms with Gasteiger partial charge in [-0.05, 0) is 26.0 Å². The van der Waals surface area contributed by atoms with Crippen LogP contribution >= 0.6 is 0 Å². The molecule has 2 aliphatic heterocycles. The first kappa shape index (κ1) is 16.9. The van der Waals surface area contributed by atoms with Crippen LogP contribution in [0, 0.1) is 0 Å². The number of sulfonamides is 1. The third-order valence-electron chi connectivity index (χ3n) is 3.42. The summed E-state index contributed by atoms with van der Waals surface area (Å²) < 4.78 is 28.2. The van der Waals surface area contributed by atoms with E-state index in [9.17, 15) is 18.0 Å². The van der Waals surface area contributed by atoms with Crippen LogP contribution in [0.3, 0.4) is 0 Å². The molecule has 0 spiro atoms. The SMILES string of the molecule is CC(C)NC(=O)CN1C(C(N)=O)=NC2=NS(=O)(=O)c3ccccc3N21. The summed E-state index contributed by atoms with van der Waals surface area (Å²) in [6, 6.07) is 6.00. The van der Waals surface area contributed by atoms with Gasteiger partial charge in [-0.2, -0.15) is 13.4 Å². The number of para-hydroxylation sites is 1. The van der Waals surface area contributed by atoms with E-state index in [4.69, 9.17) is 5.73 Å². The molecule has 0 atom stereocenters. The van der Waals surface area contributed by atoms with Crippen LogP contribution in [0.5, 0.6) is 0 Å². The number of carbonyl (C=O) groups is 2. The molecule has 3 N–H and O–H groups in total. The van der Waals surface area contributed by atoms with Crippen molar-refractivity contribution in [1.82, 2.24) is 10.3 Å². The number of nitrogens with two attached hydrogens (primary N) is 1. The summed E-state index contributed by atoms with van der Waals surface area (Å²) >= 11 is 0. The van der Waals surface area contributed by atoms with E-state index in [1.807, 2.05) is 0 Å². The highest BCUT2D eigenvalue weighted by Crippen LogP contribution is 2.34. The molecule has 10 nitrogen and oxygen atoms in total. The van der Waals surface area contributed by atoms with Crippen molar-refractivity contribution >= 4 is 39.3 Å². The fraction of sp³-hybridized carbons (Fsp3) is 0.286. The van der Waals surface area contributed by atoms with Crippen molar-refractivity contribution in [3.05, 3.63) is 24.3 Å². The maximum atomic E-state index is 12.3. The number of hydrogen-bond acceptors (Lipinski definition) is 7. The van der Waals surface area contributed by atoms with Gasteiger partial charge in [-0.3, -0.25) is 9.59 Å². The lowest BCUT2D eigenvalue weighted by molar-refractivity contribution is -0.121. The van der Waals surface area contributed by atoms with Crippen molar-refractivity contribution in [2.45, 2.75) is 24.8 Å². The fourth-order valence-electron chi connectivity index (χ4n) is 2.54. The first-order valence-corrected chi connectivity index (χ1v) is 8.84. The summed E-state index contributed by atoms with van der Waals surface area (Å²) in [6.07, 6.45) is 0. The fourth-order valence-corrected chi connectivity index (χ4v) is 3.64. The van der Waals surface area contributed by atoms with Gasteiger partial charge in [0, 0.05) is 6.04 Å². The molecule has 0 unspecified atom stereocenters. The lowest BCUT2D eigenvalue weighted by Crippen LogP contribution is -2.53. The van der Waals surface area contributed by atoms with Crippen LogP contribution in [-0.2, 0) is 19.6 Å². The molecule has 2 aliphatic rings. The monoisotopic (exact) mass is 364 g/mol. The van der Waals surface area contributed by atoms with E-state index < -0.39 is 15.9 Å². The number of benzene rings is 1. The predicted molar refractivity (Wildman–Crippen MR) is 90.2 cm³/mol. The van der Waals surface area contributed by atoms with E-state index in [1.165, 1.54) is 22.2 Å². The number of aliphatic imine (C=N–C) groups is 1. The van der Waals surface area contributed by atoms with E-state index in [1.54, 1.807) is 26.0 Å². The molecule has 0 saturated heterocycles. The number of rotatable bonds is 4. The Labute approximate surface area is 144 Å². The minimum Gasteiger partial charge on any atom is -0.363 e. The molecular weight excluding hydrogens is 348 g/mol. The number of hydrogen-bond donors (Lipinski definition) is 2. The molecular formula is C14H16N6O4S. The highest BCUT2D eigenvalue weighted by Gasteiger charge is 2.42. The van der Waals surface area contributed by atoms with Crippen LogP contribution in [0.15, 0.2) is 38.6 Å².